The van der Waals surface area contributed by atoms with Crippen LogP contribution < -0.4 is 14.2 Å². The first kappa shape index (κ1) is 11.3. The molecule has 1 heterocycles. The fraction of sp³-hybridized carbons (Fsp3) is 0.250. The zero-order valence-electron chi connectivity index (χ0n) is 9.98. The number of hydrogen-bond donors (Lipinski definition) is 1. The molecule has 0 bridgehead atoms. The molecule has 1 aromatic heterocycles. The number of ether oxygens (including phenoxy) is 3. The van der Waals surface area contributed by atoms with Crippen LogP contribution in [0.5, 0.6) is 17.2 Å². The summed E-state index contributed by atoms with van der Waals surface area (Å²) in [5.74, 6) is 2.03. The minimum atomic E-state index is 0.672. The first-order valence-electron chi connectivity index (χ1n) is 5.10. The largest absolute Gasteiger partial charge is 0.496 e. The quantitative estimate of drug-likeness (QED) is 0.880. The predicted octanol–water partition coefficient (Wildman–Crippen LogP) is 2.10. The molecule has 0 atom stereocenters. The summed E-state index contributed by atoms with van der Waals surface area (Å²) < 4.78 is 15.9. The van der Waals surface area contributed by atoms with E-state index in [0.717, 1.165) is 11.3 Å². The van der Waals surface area contributed by atoms with Crippen LogP contribution in [0.25, 0.3) is 11.3 Å². The van der Waals surface area contributed by atoms with Gasteiger partial charge in [0.05, 0.1) is 32.6 Å². The molecule has 0 fully saturated rings. The van der Waals surface area contributed by atoms with Crippen molar-refractivity contribution in [3.8, 4) is 28.5 Å². The first-order chi connectivity index (χ1) is 8.30. The van der Waals surface area contributed by atoms with E-state index < -0.39 is 0 Å². The van der Waals surface area contributed by atoms with Crippen LogP contribution in [-0.2, 0) is 0 Å². The lowest BCUT2D eigenvalue weighted by atomic mass is 10.1. The zero-order valence-corrected chi connectivity index (χ0v) is 9.98. The van der Waals surface area contributed by atoms with E-state index in [-0.39, 0.29) is 0 Å². The van der Waals surface area contributed by atoms with Gasteiger partial charge in [-0.15, -0.1) is 0 Å². The van der Waals surface area contributed by atoms with Crippen molar-refractivity contribution in [1.29, 1.82) is 0 Å². The van der Waals surface area contributed by atoms with Gasteiger partial charge < -0.3 is 14.2 Å². The summed E-state index contributed by atoms with van der Waals surface area (Å²) in [5.41, 5.74) is 1.66. The Balaban J connectivity index is 2.63. The highest BCUT2D eigenvalue weighted by atomic mass is 16.5. The van der Waals surface area contributed by atoms with Crippen LogP contribution in [-0.4, -0.2) is 31.5 Å². The first-order valence-corrected chi connectivity index (χ1v) is 5.10. The molecular weight excluding hydrogens is 220 g/mol. The minimum Gasteiger partial charge on any atom is -0.496 e. The van der Waals surface area contributed by atoms with Crippen LogP contribution in [0.3, 0.4) is 0 Å². The fourth-order valence-corrected chi connectivity index (χ4v) is 1.67. The number of H-pyrrole nitrogens is 1. The Hall–Kier alpha value is -2.17. The number of rotatable bonds is 4. The van der Waals surface area contributed by atoms with Crippen LogP contribution in [0.1, 0.15) is 0 Å². The highest BCUT2D eigenvalue weighted by molar-refractivity contribution is 5.75. The maximum atomic E-state index is 5.35. The van der Waals surface area contributed by atoms with E-state index in [9.17, 15) is 0 Å². The van der Waals surface area contributed by atoms with Crippen molar-refractivity contribution in [2.45, 2.75) is 0 Å². The second kappa shape index (κ2) is 4.78. The van der Waals surface area contributed by atoms with Gasteiger partial charge in [0, 0.05) is 18.3 Å². The van der Waals surface area contributed by atoms with Crippen molar-refractivity contribution in [1.82, 2.24) is 10.2 Å². The smallest absolute Gasteiger partial charge is 0.135 e. The average Bonchev–Trinajstić information content (AvgIpc) is 2.90. The molecule has 5 heteroatoms. The van der Waals surface area contributed by atoms with Crippen molar-refractivity contribution in [3.05, 3.63) is 24.4 Å². The van der Waals surface area contributed by atoms with Gasteiger partial charge in [-0.25, -0.2) is 0 Å². The summed E-state index contributed by atoms with van der Waals surface area (Å²) in [6, 6.07) is 5.46. The highest BCUT2D eigenvalue weighted by Crippen LogP contribution is 2.40. The molecule has 1 aromatic carbocycles. The van der Waals surface area contributed by atoms with Gasteiger partial charge in [-0.2, -0.15) is 5.10 Å². The molecule has 0 saturated carbocycles. The summed E-state index contributed by atoms with van der Waals surface area (Å²) in [6.07, 6.45) is 1.68. The van der Waals surface area contributed by atoms with Crippen LogP contribution >= 0.6 is 0 Å². The lowest BCUT2D eigenvalue weighted by Gasteiger charge is -2.13. The maximum Gasteiger partial charge on any atom is 0.135 e. The molecule has 0 spiro atoms. The van der Waals surface area contributed by atoms with Gasteiger partial charge in [0.2, 0.25) is 0 Å². The summed E-state index contributed by atoms with van der Waals surface area (Å²) in [7, 11) is 4.81. The Labute approximate surface area is 99.3 Å². The number of nitrogens with one attached hydrogen (secondary N) is 1. The monoisotopic (exact) mass is 234 g/mol. The Morgan fingerprint density at radius 3 is 2.06 bits per heavy atom. The Morgan fingerprint density at radius 1 is 1.00 bits per heavy atom. The van der Waals surface area contributed by atoms with E-state index in [4.69, 9.17) is 14.2 Å². The topological polar surface area (TPSA) is 56.4 Å². The van der Waals surface area contributed by atoms with Crippen molar-refractivity contribution < 1.29 is 14.2 Å². The molecule has 1 N–H and O–H groups in total. The van der Waals surface area contributed by atoms with Crippen molar-refractivity contribution in [2.75, 3.05) is 21.3 Å². The number of methoxy groups -OCH3 is 3. The Bertz CT molecular complexity index is 469. The third-order valence-corrected chi connectivity index (χ3v) is 2.49. The molecule has 0 aliphatic rings. The zero-order chi connectivity index (χ0) is 12.3. The molecule has 2 rings (SSSR count). The molecule has 5 nitrogen and oxygen atoms in total. The van der Waals surface area contributed by atoms with Crippen LogP contribution in [0.15, 0.2) is 24.4 Å². The van der Waals surface area contributed by atoms with Crippen molar-refractivity contribution in [2.24, 2.45) is 0 Å². The molecular formula is C12H14N2O3. The Kier molecular flexibility index (Phi) is 3.18. The molecule has 90 valence electrons. The molecule has 0 saturated heterocycles. The second-order valence-electron chi connectivity index (χ2n) is 3.38. The third-order valence-electron chi connectivity index (χ3n) is 2.49. The van der Waals surface area contributed by atoms with E-state index >= 15 is 0 Å². The lowest BCUT2D eigenvalue weighted by molar-refractivity contribution is 0.377. The highest BCUT2D eigenvalue weighted by Gasteiger charge is 2.15. The van der Waals surface area contributed by atoms with E-state index in [1.54, 1.807) is 39.7 Å². The molecule has 17 heavy (non-hydrogen) atoms. The molecule has 2 aromatic rings. The molecule has 0 aliphatic carbocycles. The summed E-state index contributed by atoms with van der Waals surface area (Å²) in [6.45, 7) is 0. The molecule has 0 amide bonds. The number of aromatic nitrogens is 2. The van der Waals surface area contributed by atoms with Gasteiger partial charge in [0.15, 0.2) is 0 Å². The lowest BCUT2D eigenvalue weighted by Crippen LogP contribution is -1.95. The number of nitrogens with zero attached hydrogens (tertiary/aromatic N) is 1. The predicted molar refractivity (Wildman–Crippen MR) is 63.7 cm³/mol. The van der Waals surface area contributed by atoms with Gasteiger partial charge in [-0.3, -0.25) is 5.10 Å². The third kappa shape index (κ3) is 2.04. The number of benzene rings is 1. The fourth-order valence-electron chi connectivity index (χ4n) is 1.67. The SMILES string of the molecule is COc1cc(OC)c(-c2ccn[nH]2)c(OC)c1. The van der Waals surface area contributed by atoms with E-state index in [0.29, 0.717) is 17.2 Å². The van der Waals surface area contributed by atoms with Crippen LogP contribution in [0, 0.1) is 0 Å². The van der Waals surface area contributed by atoms with Crippen LogP contribution in [0.2, 0.25) is 0 Å². The Morgan fingerprint density at radius 2 is 1.65 bits per heavy atom. The average molecular weight is 234 g/mol. The van der Waals surface area contributed by atoms with E-state index in [1.807, 2.05) is 6.07 Å². The van der Waals surface area contributed by atoms with Gasteiger partial charge in [0.1, 0.15) is 17.2 Å². The van der Waals surface area contributed by atoms with Crippen molar-refractivity contribution in [3.63, 3.8) is 0 Å². The van der Waals surface area contributed by atoms with Crippen molar-refractivity contribution >= 4 is 0 Å². The van der Waals surface area contributed by atoms with E-state index in [1.165, 1.54) is 0 Å². The number of aromatic amines is 1. The van der Waals surface area contributed by atoms with Gasteiger partial charge >= 0.3 is 0 Å². The molecule has 0 radical (unpaired) electrons. The van der Waals surface area contributed by atoms with Gasteiger partial charge in [0.25, 0.3) is 0 Å². The molecule has 0 aliphatic heterocycles. The normalized spacial score (nSPS) is 10.1. The standard InChI is InChI=1S/C12H14N2O3/c1-15-8-6-10(16-2)12(11(7-8)17-3)9-4-5-13-14-9/h4-7H,1-3H3,(H,13,14). The van der Waals surface area contributed by atoms with Gasteiger partial charge in [-0.05, 0) is 6.07 Å². The summed E-state index contributed by atoms with van der Waals surface area (Å²) >= 11 is 0. The minimum absolute atomic E-state index is 0.672. The van der Waals surface area contributed by atoms with E-state index in [2.05, 4.69) is 10.2 Å². The molecule has 0 unspecified atom stereocenters. The van der Waals surface area contributed by atoms with Gasteiger partial charge in [-0.1, -0.05) is 0 Å². The van der Waals surface area contributed by atoms with Crippen LogP contribution in [0.4, 0.5) is 0 Å². The second-order valence-corrected chi connectivity index (χ2v) is 3.38. The summed E-state index contributed by atoms with van der Waals surface area (Å²) in [5, 5.41) is 6.81. The maximum absolute atomic E-state index is 5.35. The summed E-state index contributed by atoms with van der Waals surface area (Å²) in [4.78, 5) is 0. The number of hydrogen-bond acceptors (Lipinski definition) is 4.